The lowest BCUT2D eigenvalue weighted by molar-refractivity contribution is 0.383. The Morgan fingerprint density at radius 2 is 1.93 bits per heavy atom. The van der Waals surface area contributed by atoms with E-state index < -0.39 is 0 Å². The third-order valence-corrected chi connectivity index (χ3v) is 4.52. The van der Waals surface area contributed by atoms with Gasteiger partial charge in [-0.3, -0.25) is 0 Å². The molecule has 0 bridgehead atoms. The highest BCUT2D eigenvalue weighted by atomic mass is 35.5. The second-order valence-corrected chi connectivity index (χ2v) is 7.12. The van der Waals surface area contributed by atoms with E-state index in [4.69, 9.17) is 32.5 Å². The van der Waals surface area contributed by atoms with E-state index >= 15 is 0 Å². The van der Waals surface area contributed by atoms with Gasteiger partial charge in [-0.15, -0.1) is 0 Å². The van der Waals surface area contributed by atoms with Crippen LogP contribution in [0, 0.1) is 6.92 Å². The molecular formula is C21H16Cl2N4O2. The van der Waals surface area contributed by atoms with E-state index in [0.717, 1.165) is 16.8 Å². The van der Waals surface area contributed by atoms with Crippen molar-refractivity contribution in [3.05, 3.63) is 82.3 Å². The monoisotopic (exact) mass is 426 g/mol. The van der Waals surface area contributed by atoms with Crippen molar-refractivity contribution in [2.45, 2.75) is 13.5 Å². The zero-order valence-electron chi connectivity index (χ0n) is 15.4. The largest absolute Gasteiger partial charge is 0.435 e. The molecule has 2 aromatic heterocycles. The average molecular weight is 427 g/mol. The van der Waals surface area contributed by atoms with Crippen LogP contribution in [0.5, 0.6) is 11.6 Å². The van der Waals surface area contributed by atoms with E-state index in [1.54, 1.807) is 12.1 Å². The van der Waals surface area contributed by atoms with Crippen LogP contribution in [0.1, 0.15) is 11.5 Å². The maximum absolute atomic E-state index is 6.15. The van der Waals surface area contributed by atoms with Crippen molar-refractivity contribution >= 4 is 28.9 Å². The van der Waals surface area contributed by atoms with Gasteiger partial charge < -0.3 is 14.6 Å². The Hall–Kier alpha value is -3.09. The highest BCUT2D eigenvalue weighted by Gasteiger charge is 2.12. The summed E-state index contributed by atoms with van der Waals surface area (Å²) in [6.07, 6.45) is 1.48. The minimum absolute atomic E-state index is 0.268. The van der Waals surface area contributed by atoms with Crippen LogP contribution in [-0.2, 0) is 6.54 Å². The highest BCUT2D eigenvalue weighted by Crippen LogP contribution is 2.33. The third-order valence-electron chi connectivity index (χ3n) is 4.04. The predicted molar refractivity (Wildman–Crippen MR) is 113 cm³/mol. The standard InChI is InChI=1S/C21H16Cl2N4O2/c1-13-5-4-6-14(9-13)20-26-19(29-27-20)12-24-17-7-2-3-8-18(17)28-21-16(23)10-15(22)11-25-21/h2-11,24H,12H2,1H3. The van der Waals surface area contributed by atoms with Crippen LogP contribution in [0.25, 0.3) is 11.4 Å². The van der Waals surface area contributed by atoms with Gasteiger partial charge in [-0.25, -0.2) is 4.98 Å². The number of pyridine rings is 1. The summed E-state index contributed by atoms with van der Waals surface area (Å²) in [7, 11) is 0. The van der Waals surface area contributed by atoms with Crippen LogP contribution in [-0.4, -0.2) is 15.1 Å². The van der Waals surface area contributed by atoms with Crippen LogP contribution in [0.15, 0.2) is 65.3 Å². The molecule has 0 saturated carbocycles. The molecule has 1 N–H and O–H groups in total. The van der Waals surface area contributed by atoms with E-state index in [-0.39, 0.29) is 5.88 Å². The van der Waals surface area contributed by atoms with Crippen LogP contribution in [0.3, 0.4) is 0 Å². The second-order valence-electron chi connectivity index (χ2n) is 6.27. The van der Waals surface area contributed by atoms with Crippen molar-refractivity contribution in [2.24, 2.45) is 0 Å². The summed E-state index contributed by atoms with van der Waals surface area (Å²) in [5.41, 5.74) is 2.77. The SMILES string of the molecule is Cc1cccc(-c2noc(CNc3ccccc3Oc3ncc(Cl)cc3Cl)n2)c1. The Labute approximate surface area is 177 Å². The molecule has 0 atom stereocenters. The number of nitrogens with one attached hydrogen (secondary N) is 1. The molecule has 0 unspecified atom stereocenters. The molecule has 0 fully saturated rings. The Morgan fingerprint density at radius 3 is 2.76 bits per heavy atom. The summed E-state index contributed by atoms with van der Waals surface area (Å²) in [5, 5.41) is 8.06. The zero-order chi connectivity index (χ0) is 20.2. The lowest BCUT2D eigenvalue weighted by Gasteiger charge is -2.12. The normalized spacial score (nSPS) is 10.7. The van der Waals surface area contributed by atoms with Crippen LogP contribution >= 0.6 is 23.2 Å². The maximum atomic E-state index is 6.15. The molecular weight excluding hydrogens is 411 g/mol. The van der Waals surface area contributed by atoms with Gasteiger partial charge in [-0.1, -0.05) is 64.3 Å². The minimum Gasteiger partial charge on any atom is -0.435 e. The summed E-state index contributed by atoms with van der Waals surface area (Å²) in [6.45, 7) is 2.35. The van der Waals surface area contributed by atoms with Crippen molar-refractivity contribution < 1.29 is 9.26 Å². The molecule has 4 rings (SSSR count). The van der Waals surface area contributed by atoms with Crippen molar-refractivity contribution in [3.63, 3.8) is 0 Å². The molecule has 0 aliphatic heterocycles. The van der Waals surface area contributed by atoms with Crippen LogP contribution in [0.4, 0.5) is 5.69 Å². The molecule has 6 nitrogen and oxygen atoms in total. The van der Waals surface area contributed by atoms with E-state index in [0.29, 0.717) is 34.1 Å². The molecule has 2 heterocycles. The molecule has 146 valence electrons. The average Bonchev–Trinajstić information content (AvgIpc) is 3.18. The predicted octanol–water partition coefficient (Wildman–Crippen LogP) is 6.15. The lowest BCUT2D eigenvalue weighted by atomic mass is 10.1. The Morgan fingerprint density at radius 1 is 1.07 bits per heavy atom. The van der Waals surface area contributed by atoms with Gasteiger partial charge in [-0.2, -0.15) is 4.98 Å². The number of aryl methyl sites for hydroxylation is 1. The first-order valence-electron chi connectivity index (χ1n) is 8.80. The second kappa shape index (κ2) is 8.51. The number of benzene rings is 2. The fourth-order valence-corrected chi connectivity index (χ4v) is 3.10. The maximum Gasteiger partial charge on any atom is 0.246 e. The van der Waals surface area contributed by atoms with E-state index in [1.165, 1.54) is 6.20 Å². The number of anilines is 1. The molecule has 0 aliphatic carbocycles. The van der Waals surface area contributed by atoms with Gasteiger partial charge in [0.25, 0.3) is 0 Å². The van der Waals surface area contributed by atoms with Gasteiger partial charge in [0.2, 0.25) is 17.6 Å². The first-order valence-corrected chi connectivity index (χ1v) is 9.55. The number of rotatable bonds is 6. The molecule has 0 amide bonds. The number of hydrogen-bond acceptors (Lipinski definition) is 6. The number of para-hydroxylation sites is 2. The Bertz CT molecular complexity index is 1150. The number of hydrogen-bond donors (Lipinski definition) is 1. The molecule has 2 aromatic carbocycles. The highest BCUT2D eigenvalue weighted by molar-refractivity contribution is 6.35. The molecule has 0 aliphatic rings. The molecule has 29 heavy (non-hydrogen) atoms. The fourth-order valence-electron chi connectivity index (χ4n) is 2.68. The van der Waals surface area contributed by atoms with Crippen molar-refractivity contribution in [2.75, 3.05) is 5.32 Å². The van der Waals surface area contributed by atoms with Gasteiger partial charge in [0.1, 0.15) is 5.02 Å². The minimum atomic E-state index is 0.268. The zero-order valence-corrected chi connectivity index (χ0v) is 16.9. The smallest absolute Gasteiger partial charge is 0.246 e. The van der Waals surface area contributed by atoms with Crippen molar-refractivity contribution in [3.8, 4) is 23.0 Å². The molecule has 0 radical (unpaired) electrons. The van der Waals surface area contributed by atoms with Gasteiger partial charge in [-0.05, 0) is 31.2 Å². The summed E-state index contributed by atoms with van der Waals surface area (Å²) in [6, 6.07) is 16.9. The van der Waals surface area contributed by atoms with Crippen molar-refractivity contribution in [1.29, 1.82) is 0 Å². The van der Waals surface area contributed by atoms with Crippen molar-refractivity contribution in [1.82, 2.24) is 15.1 Å². The number of aromatic nitrogens is 3. The summed E-state index contributed by atoms with van der Waals surface area (Å²) < 4.78 is 11.2. The van der Waals surface area contributed by atoms with E-state index in [9.17, 15) is 0 Å². The third kappa shape index (κ3) is 4.67. The van der Waals surface area contributed by atoms with Crippen LogP contribution < -0.4 is 10.1 Å². The molecule has 8 heteroatoms. The Balaban J connectivity index is 1.48. The van der Waals surface area contributed by atoms with Gasteiger partial charge in [0.15, 0.2) is 5.75 Å². The number of ether oxygens (including phenoxy) is 1. The van der Waals surface area contributed by atoms with Crippen LogP contribution in [0.2, 0.25) is 10.0 Å². The van der Waals surface area contributed by atoms with E-state index in [2.05, 4.69) is 20.4 Å². The summed E-state index contributed by atoms with van der Waals surface area (Å²) >= 11 is 12.0. The fraction of sp³-hybridized carbons (Fsp3) is 0.0952. The summed E-state index contributed by atoms with van der Waals surface area (Å²) in [4.78, 5) is 8.57. The number of nitrogens with zero attached hydrogens (tertiary/aromatic N) is 3. The quantitative estimate of drug-likeness (QED) is 0.398. The molecule has 0 saturated heterocycles. The number of halogens is 2. The first kappa shape index (κ1) is 19.2. The van der Waals surface area contributed by atoms with Gasteiger partial charge in [0.05, 0.1) is 17.3 Å². The molecule has 0 spiro atoms. The lowest BCUT2D eigenvalue weighted by Crippen LogP contribution is -2.02. The van der Waals surface area contributed by atoms with Gasteiger partial charge in [0, 0.05) is 11.8 Å². The first-order chi connectivity index (χ1) is 14.1. The van der Waals surface area contributed by atoms with E-state index in [1.807, 2.05) is 49.4 Å². The van der Waals surface area contributed by atoms with Gasteiger partial charge >= 0.3 is 0 Å². The molecule has 4 aromatic rings. The topological polar surface area (TPSA) is 73.1 Å². The summed E-state index contributed by atoms with van der Waals surface area (Å²) in [5.74, 6) is 1.83. The Kier molecular flexibility index (Phi) is 5.64.